The highest BCUT2D eigenvalue weighted by Crippen LogP contribution is 2.23. The lowest BCUT2D eigenvalue weighted by atomic mass is 10.1. The molecule has 1 atom stereocenters. The van der Waals surface area contributed by atoms with E-state index in [1.165, 1.54) is 19.1 Å². The van der Waals surface area contributed by atoms with Crippen molar-refractivity contribution in [3.8, 4) is 5.75 Å². The highest BCUT2D eigenvalue weighted by molar-refractivity contribution is 8.14. The molecular weight excluding hydrogens is 306 g/mol. The van der Waals surface area contributed by atoms with E-state index in [1.54, 1.807) is 19.9 Å². The second-order valence-corrected chi connectivity index (χ2v) is 5.62. The topological polar surface area (TPSA) is 92.7 Å². The third-order valence-corrected chi connectivity index (χ3v) is 3.68. The number of carbonyl (C=O) groups excluding carboxylic acids is 3. The van der Waals surface area contributed by atoms with Gasteiger partial charge in [-0.05, 0) is 31.5 Å². The summed E-state index contributed by atoms with van der Waals surface area (Å²) in [5.74, 6) is -1.05. The van der Waals surface area contributed by atoms with Crippen molar-refractivity contribution in [2.24, 2.45) is 0 Å². The number of hydrogen-bond donors (Lipinski definition) is 2. The number of ether oxygens (including phenoxy) is 1. The molecule has 0 aliphatic heterocycles. The number of nitrogens with one attached hydrogen (secondary N) is 1. The molecule has 0 aromatic heterocycles. The molecule has 2 N–H and O–H groups in total. The van der Waals surface area contributed by atoms with Crippen LogP contribution in [0.15, 0.2) is 18.2 Å². The predicted molar refractivity (Wildman–Crippen MR) is 83.9 cm³/mol. The minimum Gasteiger partial charge on any atom is -0.507 e. The highest BCUT2D eigenvalue weighted by atomic mass is 32.2. The van der Waals surface area contributed by atoms with Crippen LogP contribution in [0.2, 0.25) is 0 Å². The van der Waals surface area contributed by atoms with E-state index in [0.29, 0.717) is 0 Å². The smallest absolute Gasteiger partial charge is 0.329 e. The van der Waals surface area contributed by atoms with Gasteiger partial charge in [-0.3, -0.25) is 9.59 Å². The number of rotatable bonds is 6. The van der Waals surface area contributed by atoms with Crippen LogP contribution in [0, 0.1) is 6.92 Å². The second-order valence-electron chi connectivity index (χ2n) is 4.62. The van der Waals surface area contributed by atoms with Crippen molar-refractivity contribution in [1.29, 1.82) is 0 Å². The molecule has 0 unspecified atom stereocenters. The molecule has 0 fully saturated rings. The Morgan fingerprint density at radius 2 is 2.05 bits per heavy atom. The molecular formula is C15H19NO5S. The minimum absolute atomic E-state index is 0.0323. The van der Waals surface area contributed by atoms with Crippen LogP contribution in [-0.2, 0) is 14.3 Å². The molecule has 0 saturated carbocycles. The van der Waals surface area contributed by atoms with Crippen LogP contribution in [0.5, 0.6) is 5.75 Å². The number of hydrogen-bond acceptors (Lipinski definition) is 6. The lowest BCUT2D eigenvalue weighted by Crippen LogP contribution is -2.42. The standard InChI is InChI=1S/C15H19NO5S/c1-4-21-14(19)12(16-10(3)17)8-22-15(20)11-6-5-9(2)7-13(11)18/h5-7,12,18H,4,8H2,1-3H3,(H,16,17)/t12-/m0/s1. The first-order valence-electron chi connectivity index (χ1n) is 6.75. The second kappa shape index (κ2) is 8.43. The molecule has 0 radical (unpaired) electrons. The Morgan fingerprint density at radius 1 is 1.36 bits per heavy atom. The van der Waals surface area contributed by atoms with Gasteiger partial charge in [-0.25, -0.2) is 4.79 Å². The van der Waals surface area contributed by atoms with Crippen molar-refractivity contribution in [2.75, 3.05) is 12.4 Å². The fraction of sp³-hybridized carbons (Fsp3) is 0.400. The summed E-state index contributed by atoms with van der Waals surface area (Å²) in [4.78, 5) is 34.9. The molecule has 22 heavy (non-hydrogen) atoms. The zero-order chi connectivity index (χ0) is 16.7. The predicted octanol–water partition coefficient (Wildman–Crippen LogP) is 1.64. The lowest BCUT2D eigenvalue weighted by Gasteiger charge is -2.15. The van der Waals surface area contributed by atoms with E-state index in [0.717, 1.165) is 17.3 Å². The molecule has 120 valence electrons. The van der Waals surface area contributed by atoms with Crippen molar-refractivity contribution in [1.82, 2.24) is 5.32 Å². The maximum Gasteiger partial charge on any atom is 0.329 e. The Balaban J connectivity index is 2.72. The number of aromatic hydroxyl groups is 1. The Hall–Kier alpha value is -2.02. The van der Waals surface area contributed by atoms with Crippen LogP contribution in [0.25, 0.3) is 0 Å². The van der Waals surface area contributed by atoms with Crippen LogP contribution in [0.3, 0.4) is 0 Å². The van der Waals surface area contributed by atoms with Gasteiger partial charge in [0, 0.05) is 12.7 Å². The van der Waals surface area contributed by atoms with Gasteiger partial charge in [0.2, 0.25) is 11.0 Å². The molecule has 7 heteroatoms. The third kappa shape index (κ3) is 5.40. The summed E-state index contributed by atoms with van der Waals surface area (Å²) < 4.78 is 4.85. The SMILES string of the molecule is CCOC(=O)[C@H](CSC(=O)c1ccc(C)cc1O)NC(C)=O. The van der Waals surface area contributed by atoms with Crippen LogP contribution in [0.1, 0.15) is 29.8 Å². The maximum atomic E-state index is 12.1. The average molecular weight is 325 g/mol. The first-order chi connectivity index (χ1) is 10.3. The van der Waals surface area contributed by atoms with Crippen molar-refractivity contribution >= 4 is 28.8 Å². The molecule has 1 rings (SSSR count). The zero-order valence-electron chi connectivity index (χ0n) is 12.7. The highest BCUT2D eigenvalue weighted by Gasteiger charge is 2.23. The average Bonchev–Trinajstić information content (AvgIpc) is 2.42. The van der Waals surface area contributed by atoms with Gasteiger partial charge in [0.1, 0.15) is 11.8 Å². The fourth-order valence-electron chi connectivity index (χ4n) is 1.71. The number of phenols is 1. The first kappa shape index (κ1) is 18.0. The number of esters is 1. The molecule has 1 amide bonds. The number of amides is 1. The maximum absolute atomic E-state index is 12.1. The van der Waals surface area contributed by atoms with Gasteiger partial charge in [-0.1, -0.05) is 17.8 Å². The quantitative estimate of drug-likeness (QED) is 0.773. The molecule has 0 saturated heterocycles. The molecule has 0 heterocycles. The summed E-state index contributed by atoms with van der Waals surface area (Å²) in [6, 6.07) is 3.82. The van der Waals surface area contributed by atoms with Gasteiger partial charge < -0.3 is 15.2 Å². The zero-order valence-corrected chi connectivity index (χ0v) is 13.5. The molecule has 0 aliphatic rings. The van der Waals surface area contributed by atoms with Crippen LogP contribution in [-0.4, -0.2) is 40.5 Å². The summed E-state index contributed by atoms with van der Waals surface area (Å²) in [5.41, 5.74) is 1.00. The van der Waals surface area contributed by atoms with Crippen molar-refractivity contribution in [2.45, 2.75) is 26.8 Å². The summed E-state index contributed by atoms with van der Waals surface area (Å²) in [7, 11) is 0. The first-order valence-corrected chi connectivity index (χ1v) is 7.74. The summed E-state index contributed by atoms with van der Waals surface area (Å²) in [6.07, 6.45) is 0. The molecule has 0 spiro atoms. The summed E-state index contributed by atoms with van der Waals surface area (Å²) >= 11 is 0.839. The molecule has 0 bridgehead atoms. The Labute approximate surface area is 133 Å². The van der Waals surface area contributed by atoms with Crippen LogP contribution >= 0.6 is 11.8 Å². The van der Waals surface area contributed by atoms with Gasteiger partial charge in [-0.15, -0.1) is 0 Å². The van der Waals surface area contributed by atoms with Gasteiger partial charge in [0.15, 0.2) is 0 Å². The van der Waals surface area contributed by atoms with E-state index in [2.05, 4.69) is 5.32 Å². The monoisotopic (exact) mass is 325 g/mol. The fourth-order valence-corrected chi connectivity index (χ4v) is 2.57. The van der Waals surface area contributed by atoms with Crippen molar-refractivity contribution in [3.63, 3.8) is 0 Å². The van der Waals surface area contributed by atoms with E-state index in [9.17, 15) is 19.5 Å². The number of benzene rings is 1. The molecule has 6 nitrogen and oxygen atoms in total. The number of aryl methyl sites for hydroxylation is 1. The summed E-state index contributed by atoms with van der Waals surface area (Å²) in [5, 5.41) is 11.8. The van der Waals surface area contributed by atoms with E-state index in [-0.39, 0.29) is 34.7 Å². The van der Waals surface area contributed by atoms with E-state index in [1.807, 2.05) is 0 Å². The van der Waals surface area contributed by atoms with E-state index >= 15 is 0 Å². The van der Waals surface area contributed by atoms with E-state index in [4.69, 9.17) is 4.74 Å². The van der Waals surface area contributed by atoms with Gasteiger partial charge >= 0.3 is 5.97 Å². The third-order valence-electron chi connectivity index (χ3n) is 2.70. The van der Waals surface area contributed by atoms with Crippen LogP contribution < -0.4 is 5.32 Å². The Kier molecular flexibility index (Phi) is 6.91. The number of thioether (sulfide) groups is 1. The van der Waals surface area contributed by atoms with Gasteiger partial charge in [0.05, 0.1) is 12.2 Å². The number of phenolic OH excluding ortho intramolecular Hbond substituents is 1. The van der Waals surface area contributed by atoms with Crippen molar-refractivity contribution in [3.05, 3.63) is 29.3 Å². The molecule has 1 aromatic rings. The van der Waals surface area contributed by atoms with Crippen molar-refractivity contribution < 1.29 is 24.2 Å². The normalized spacial score (nSPS) is 11.6. The van der Waals surface area contributed by atoms with Gasteiger partial charge in [-0.2, -0.15) is 0 Å². The lowest BCUT2D eigenvalue weighted by molar-refractivity contribution is -0.146. The Bertz CT molecular complexity index is 573. The van der Waals surface area contributed by atoms with E-state index < -0.39 is 12.0 Å². The minimum atomic E-state index is -0.904. The summed E-state index contributed by atoms with van der Waals surface area (Å²) in [6.45, 7) is 4.93. The number of carbonyl (C=O) groups is 3. The van der Waals surface area contributed by atoms with Gasteiger partial charge in [0.25, 0.3) is 0 Å². The molecule has 1 aromatic carbocycles. The largest absolute Gasteiger partial charge is 0.507 e. The van der Waals surface area contributed by atoms with Crippen LogP contribution in [0.4, 0.5) is 0 Å². The Morgan fingerprint density at radius 3 is 2.59 bits per heavy atom. The molecule has 0 aliphatic carbocycles.